The summed E-state index contributed by atoms with van der Waals surface area (Å²) in [5, 5.41) is 9.32. The second-order valence-electron chi connectivity index (χ2n) is 6.50. The van der Waals surface area contributed by atoms with E-state index >= 15 is 0 Å². The summed E-state index contributed by atoms with van der Waals surface area (Å²) in [7, 11) is 3.57. The molecule has 6 nitrogen and oxygen atoms in total. The van der Waals surface area contributed by atoms with Crippen LogP contribution in [0, 0.1) is 0 Å². The monoisotopic (exact) mass is 374 g/mol. The first-order valence-electron chi connectivity index (χ1n) is 9.10. The van der Waals surface area contributed by atoms with Gasteiger partial charge in [0.1, 0.15) is 5.75 Å². The average molecular weight is 375 g/mol. The fraction of sp³-hybridized carbons (Fsp3) is 0.526. The summed E-state index contributed by atoms with van der Waals surface area (Å²) in [6, 6.07) is 8.13. The zero-order valence-corrected chi connectivity index (χ0v) is 16.5. The number of carbonyl (C=O) groups is 1. The maximum atomic E-state index is 12.7. The molecule has 0 aliphatic carbocycles. The quantitative estimate of drug-likeness (QED) is 0.726. The van der Waals surface area contributed by atoms with Gasteiger partial charge in [0.2, 0.25) is 5.91 Å². The van der Waals surface area contributed by atoms with Gasteiger partial charge in [0.15, 0.2) is 11.0 Å². The van der Waals surface area contributed by atoms with Gasteiger partial charge in [-0.1, -0.05) is 30.8 Å². The van der Waals surface area contributed by atoms with Crippen LogP contribution in [0.25, 0.3) is 11.4 Å². The average Bonchev–Trinajstić information content (AvgIpc) is 3.06. The number of ether oxygens (including phenoxy) is 1. The summed E-state index contributed by atoms with van der Waals surface area (Å²) in [6.07, 6.45) is 4.48. The number of likely N-dealkylation sites (tertiary alicyclic amines) is 1. The minimum Gasteiger partial charge on any atom is -0.496 e. The molecule has 26 heavy (non-hydrogen) atoms. The van der Waals surface area contributed by atoms with E-state index in [2.05, 4.69) is 17.1 Å². The van der Waals surface area contributed by atoms with Gasteiger partial charge in [0.05, 0.1) is 18.4 Å². The lowest BCUT2D eigenvalue weighted by atomic mass is 10.0. The zero-order valence-electron chi connectivity index (χ0n) is 15.6. The lowest BCUT2D eigenvalue weighted by Gasteiger charge is -2.35. The second-order valence-corrected chi connectivity index (χ2v) is 7.44. The van der Waals surface area contributed by atoms with Gasteiger partial charge >= 0.3 is 0 Å². The highest BCUT2D eigenvalue weighted by molar-refractivity contribution is 7.99. The first kappa shape index (κ1) is 18.8. The first-order valence-corrected chi connectivity index (χ1v) is 10.1. The molecule has 1 saturated heterocycles. The van der Waals surface area contributed by atoms with Crippen molar-refractivity contribution in [3.63, 3.8) is 0 Å². The fourth-order valence-corrected chi connectivity index (χ4v) is 4.26. The highest BCUT2D eigenvalue weighted by Crippen LogP contribution is 2.30. The van der Waals surface area contributed by atoms with Crippen LogP contribution in [-0.2, 0) is 11.8 Å². The SMILES string of the molecule is CC[C@@H]1CCCCN1C(=O)CSc1nnc(-c2ccccc2OC)n1C. The number of aromatic nitrogens is 3. The Kier molecular flexibility index (Phi) is 6.19. The number of nitrogens with zero attached hydrogens (tertiary/aromatic N) is 4. The number of thioether (sulfide) groups is 1. The molecular formula is C19H26N4O2S. The van der Waals surface area contributed by atoms with Crippen LogP contribution in [0.5, 0.6) is 5.75 Å². The van der Waals surface area contributed by atoms with Crippen molar-refractivity contribution < 1.29 is 9.53 Å². The molecule has 0 saturated carbocycles. The molecule has 1 aromatic heterocycles. The smallest absolute Gasteiger partial charge is 0.233 e. The predicted molar refractivity (Wildman–Crippen MR) is 103 cm³/mol. The molecule has 1 amide bonds. The van der Waals surface area contributed by atoms with Crippen LogP contribution in [0.4, 0.5) is 0 Å². The van der Waals surface area contributed by atoms with Crippen molar-refractivity contribution in [1.82, 2.24) is 19.7 Å². The van der Waals surface area contributed by atoms with Crippen molar-refractivity contribution in [2.75, 3.05) is 19.4 Å². The van der Waals surface area contributed by atoms with Crippen molar-refractivity contribution in [1.29, 1.82) is 0 Å². The topological polar surface area (TPSA) is 60.3 Å². The highest BCUT2D eigenvalue weighted by Gasteiger charge is 2.25. The van der Waals surface area contributed by atoms with Gasteiger partial charge in [-0.25, -0.2) is 0 Å². The van der Waals surface area contributed by atoms with E-state index in [1.807, 2.05) is 40.8 Å². The van der Waals surface area contributed by atoms with Crippen LogP contribution in [-0.4, -0.2) is 51.0 Å². The van der Waals surface area contributed by atoms with Crippen molar-refractivity contribution in [2.24, 2.45) is 7.05 Å². The van der Waals surface area contributed by atoms with Gasteiger partial charge in [-0.2, -0.15) is 0 Å². The molecule has 0 bridgehead atoms. The van der Waals surface area contributed by atoms with Crippen LogP contribution >= 0.6 is 11.8 Å². The number of piperidine rings is 1. The van der Waals surface area contributed by atoms with E-state index in [0.29, 0.717) is 11.8 Å². The molecule has 1 aromatic carbocycles. The summed E-state index contributed by atoms with van der Waals surface area (Å²) in [5.74, 6) is 2.09. The molecule has 1 fully saturated rings. The first-order chi connectivity index (χ1) is 12.7. The summed E-state index contributed by atoms with van der Waals surface area (Å²) in [5.41, 5.74) is 0.894. The van der Waals surface area contributed by atoms with Crippen molar-refractivity contribution in [3.8, 4) is 17.1 Å². The van der Waals surface area contributed by atoms with Gasteiger partial charge in [0, 0.05) is 19.6 Å². The highest BCUT2D eigenvalue weighted by atomic mass is 32.2. The third-order valence-corrected chi connectivity index (χ3v) is 5.93. The number of rotatable bonds is 6. The Bertz CT molecular complexity index is 762. The fourth-order valence-electron chi connectivity index (χ4n) is 3.47. The Balaban J connectivity index is 1.70. The van der Waals surface area contributed by atoms with Gasteiger partial charge in [-0.05, 0) is 37.8 Å². The molecule has 2 heterocycles. The third kappa shape index (κ3) is 3.87. The molecule has 0 N–H and O–H groups in total. The van der Waals surface area contributed by atoms with Crippen LogP contribution in [0.15, 0.2) is 29.4 Å². The molecule has 140 valence electrons. The number of benzene rings is 1. The number of methoxy groups -OCH3 is 1. The van der Waals surface area contributed by atoms with Crippen molar-refractivity contribution >= 4 is 17.7 Å². The van der Waals surface area contributed by atoms with Gasteiger partial charge in [0.25, 0.3) is 0 Å². The largest absolute Gasteiger partial charge is 0.496 e. The molecule has 3 rings (SSSR count). The molecule has 2 aromatic rings. The van der Waals surface area contributed by atoms with E-state index in [1.165, 1.54) is 18.2 Å². The molecule has 7 heteroatoms. The second kappa shape index (κ2) is 8.58. The minimum absolute atomic E-state index is 0.198. The third-order valence-electron chi connectivity index (χ3n) is 4.93. The Hall–Kier alpha value is -2.02. The molecule has 0 spiro atoms. The molecule has 1 aliphatic rings. The zero-order chi connectivity index (χ0) is 18.5. The number of hydrogen-bond donors (Lipinski definition) is 0. The summed E-state index contributed by atoms with van der Waals surface area (Å²) in [6.45, 7) is 3.04. The van der Waals surface area contributed by atoms with Crippen LogP contribution in [0.3, 0.4) is 0 Å². The maximum Gasteiger partial charge on any atom is 0.233 e. The van der Waals surface area contributed by atoms with Crippen molar-refractivity contribution in [3.05, 3.63) is 24.3 Å². The van der Waals surface area contributed by atoms with E-state index in [0.717, 1.165) is 48.1 Å². The molecule has 1 atom stereocenters. The molecule has 1 aliphatic heterocycles. The Morgan fingerprint density at radius 3 is 2.88 bits per heavy atom. The number of carbonyl (C=O) groups excluding carboxylic acids is 1. The van der Waals surface area contributed by atoms with Gasteiger partial charge in [-0.3, -0.25) is 4.79 Å². The number of para-hydroxylation sites is 1. The molecule has 0 unspecified atom stereocenters. The van der Waals surface area contributed by atoms with E-state index < -0.39 is 0 Å². The summed E-state index contributed by atoms with van der Waals surface area (Å²) >= 11 is 1.45. The normalized spacial score (nSPS) is 17.3. The number of hydrogen-bond acceptors (Lipinski definition) is 5. The lowest BCUT2D eigenvalue weighted by Crippen LogP contribution is -2.44. The Morgan fingerprint density at radius 1 is 1.31 bits per heavy atom. The van der Waals surface area contributed by atoms with Gasteiger partial charge < -0.3 is 14.2 Å². The van der Waals surface area contributed by atoms with E-state index in [4.69, 9.17) is 4.74 Å². The molecular weight excluding hydrogens is 348 g/mol. The van der Waals surface area contributed by atoms with E-state index in [-0.39, 0.29) is 5.91 Å². The predicted octanol–water partition coefficient (Wildman–Crippen LogP) is 3.37. The van der Waals surface area contributed by atoms with E-state index in [1.54, 1.807) is 7.11 Å². The Labute approximate surface area is 158 Å². The van der Waals surface area contributed by atoms with Crippen molar-refractivity contribution in [2.45, 2.75) is 43.8 Å². The van der Waals surface area contributed by atoms with Crippen LogP contribution in [0.2, 0.25) is 0 Å². The van der Waals surface area contributed by atoms with Crippen LogP contribution < -0.4 is 4.74 Å². The van der Waals surface area contributed by atoms with Gasteiger partial charge in [-0.15, -0.1) is 10.2 Å². The number of amides is 1. The maximum absolute atomic E-state index is 12.7. The summed E-state index contributed by atoms with van der Waals surface area (Å²) in [4.78, 5) is 14.7. The van der Waals surface area contributed by atoms with Crippen LogP contribution in [0.1, 0.15) is 32.6 Å². The molecule has 0 radical (unpaired) electrons. The lowest BCUT2D eigenvalue weighted by molar-refractivity contribution is -0.132. The summed E-state index contributed by atoms with van der Waals surface area (Å²) < 4.78 is 7.34. The Morgan fingerprint density at radius 2 is 2.12 bits per heavy atom. The van der Waals surface area contributed by atoms with E-state index in [9.17, 15) is 4.79 Å². The standard InChI is InChI=1S/C19H26N4O2S/c1-4-14-9-7-8-12-23(14)17(24)13-26-19-21-20-18(22(19)2)15-10-5-6-11-16(15)25-3/h5-6,10-11,14H,4,7-9,12-13H2,1-3H3/t14-/m1/s1. The minimum atomic E-state index is 0.198.